The number of allylic oxidation sites excluding steroid dienone is 1. The standard InChI is InChI=1S/C16H14N4O4/c1-11(21)14(19-16(22)12-5-3-2-4-6-12)10-18-15-8-7-13(9-17-15)20(23)24/h2-10H,1H3,(H,17,18)(H,19,22)/b14-10-. The van der Waals surface area contributed by atoms with Crippen molar-refractivity contribution in [2.45, 2.75) is 6.92 Å². The average molecular weight is 326 g/mol. The first-order valence-electron chi connectivity index (χ1n) is 6.92. The molecule has 0 unspecified atom stereocenters. The summed E-state index contributed by atoms with van der Waals surface area (Å²) in [5, 5.41) is 15.8. The van der Waals surface area contributed by atoms with E-state index in [4.69, 9.17) is 0 Å². The molecule has 24 heavy (non-hydrogen) atoms. The highest BCUT2D eigenvalue weighted by Gasteiger charge is 2.11. The lowest BCUT2D eigenvalue weighted by molar-refractivity contribution is -0.385. The van der Waals surface area contributed by atoms with Gasteiger partial charge in [0, 0.05) is 24.8 Å². The lowest BCUT2D eigenvalue weighted by atomic mass is 10.2. The molecule has 0 bridgehead atoms. The SMILES string of the molecule is CC(=O)/C(=C/Nc1ccc([N+](=O)[O-])cn1)NC(=O)c1ccccc1. The number of benzene rings is 1. The summed E-state index contributed by atoms with van der Waals surface area (Å²) in [6, 6.07) is 11.1. The molecule has 8 nitrogen and oxygen atoms in total. The number of hydrogen-bond donors (Lipinski definition) is 2. The Morgan fingerprint density at radius 3 is 2.42 bits per heavy atom. The molecule has 0 aliphatic rings. The lowest BCUT2D eigenvalue weighted by Crippen LogP contribution is -2.27. The molecule has 1 aromatic carbocycles. The molecule has 0 saturated carbocycles. The molecule has 1 aromatic heterocycles. The van der Waals surface area contributed by atoms with Crippen molar-refractivity contribution in [3.63, 3.8) is 0 Å². The zero-order valence-electron chi connectivity index (χ0n) is 12.7. The van der Waals surface area contributed by atoms with E-state index in [1.54, 1.807) is 30.3 Å². The highest BCUT2D eigenvalue weighted by atomic mass is 16.6. The van der Waals surface area contributed by atoms with E-state index < -0.39 is 10.8 Å². The van der Waals surface area contributed by atoms with Crippen molar-refractivity contribution in [1.29, 1.82) is 0 Å². The third-order valence-corrected chi connectivity index (χ3v) is 2.99. The lowest BCUT2D eigenvalue weighted by Gasteiger charge is -2.08. The molecular formula is C16H14N4O4. The van der Waals surface area contributed by atoms with Gasteiger partial charge >= 0.3 is 0 Å². The molecular weight excluding hydrogens is 312 g/mol. The van der Waals surface area contributed by atoms with Crippen LogP contribution in [0.3, 0.4) is 0 Å². The highest BCUT2D eigenvalue weighted by molar-refractivity contribution is 6.02. The first kappa shape index (κ1) is 16.8. The number of aromatic nitrogens is 1. The summed E-state index contributed by atoms with van der Waals surface area (Å²) in [6.45, 7) is 1.31. The van der Waals surface area contributed by atoms with Crippen LogP contribution >= 0.6 is 0 Å². The summed E-state index contributed by atoms with van der Waals surface area (Å²) >= 11 is 0. The van der Waals surface area contributed by atoms with Crippen LogP contribution < -0.4 is 10.6 Å². The smallest absolute Gasteiger partial charge is 0.287 e. The van der Waals surface area contributed by atoms with E-state index in [1.807, 2.05) is 0 Å². The number of pyridine rings is 1. The number of anilines is 1. The first-order valence-corrected chi connectivity index (χ1v) is 6.92. The molecule has 2 aromatic rings. The van der Waals surface area contributed by atoms with Crippen LogP contribution in [0.5, 0.6) is 0 Å². The Bertz CT molecular complexity index is 785. The molecule has 8 heteroatoms. The molecule has 2 N–H and O–H groups in total. The van der Waals surface area contributed by atoms with Gasteiger partial charge in [0.25, 0.3) is 11.6 Å². The number of carbonyl (C=O) groups is 2. The summed E-state index contributed by atoms with van der Waals surface area (Å²) in [4.78, 5) is 37.6. The van der Waals surface area contributed by atoms with Gasteiger partial charge in [-0.05, 0) is 18.2 Å². The van der Waals surface area contributed by atoms with Crippen LogP contribution in [-0.2, 0) is 4.79 Å². The summed E-state index contributed by atoms with van der Waals surface area (Å²) < 4.78 is 0. The van der Waals surface area contributed by atoms with Crippen molar-refractivity contribution >= 4 is 23.2 Å². The highest BCUT2D eigenvalue weighted by Crippen LogP contribution is 2.12. The molecule has 0 radical (unpaired) electrons. The quantitative estimate of drug-likeness (QED) is 0.478. The van der Waals surface area contributed by atoms with Gasteiger partial charge < -0.3 is 10.6 Å². The Balaban J connectivity index is 2.09. The van der Waals surface area contributed by atoms with E-state index >= 15 is 0 Å². The summed E-state index contributed by atoms with van der Waals surface area (Å²) in [6.07, 6.45) is 2.38. The van der Waals surface area contributed by atoms with Gasteiger partial charge in [0.05, 0.1) is 4.92 Å². The fraction of sp³-hybridized carbons (Fsp3) is 0.0625. The zero-order chi connectivity index (χ0) is 17.5. The Morgan fingerprint density at radius 2 is 1.88 bits per heavy atom. The Labute approximate surface area is 137 Å². The molecule has 0 fully saturated rings. The molecule has 0 saturated heterocycles. The van der Waals surface area contributed by atoms with Crippen LogP contribution in [0.1, 0.15) is 17.3 Å². The second-order valence-electron chi connectivity index (χ2n) is 4.74. The largest absolute Gasteiger partial charge is 0.344 e. The van der Waals surface area contributed by atoms with Crippen molar-refractivity contribution in [2.24, 2.45) is 0 Å². The minimum absolute atomic E-state index is 0.0454. The topological polar surface area (TPSA) is 114 Å². The van der Waals surface area contributed by atoms with Crippen LogP contribution in [0.4, 0.5) is 11.5 Å². The van der Waals surface area contributed by atoms with E-state index in [1.165, 1.54) is 25.3 Å². The Hall–Kier alpha value is -3.55. The van der Waals surface area contributed by atoms with Gasteiger partial charge in [-0.15, -0.1) is 0 Å². The van der Waals surface area contributed by atoms with Gasteiger partial charge in [-0.3, -0.25) is 19.7 Å². The number of Topliss-reactive ketones (excluding diaryl/α,β-unsaturated/α-hetero) is 1. The van der Waals surface area contributed by atoms with Gasteiger partial charge in [0.15, 0.2) is 5.78 Å². The van der Waals surface area contributed by atoms with E-state index in [2.05, 4.69) is 15.6 Å². The maximum atomic E-state index is 12.1. The van der Waals surface area contributed by atoms with E-state index in [0.717, 1.165) is 6.20 Å². The second kappa shape index (κ2) is 7.63. The maximum absolute atomic E-state index is 12.1. The van der Waals surface area contributed by atoms with Crippen LogP contribution in [0, 0.1) is 10.1 Å². The molecule has 0 aliphatic heterocycles. The molecule has 1 heterocycles. The predicted molar refractivity (Wildman–Crippen MR) is 87.2 cm³/mol. The van der Waals surface area contributed by atoms with Crippen molar-refractivity contribution in [3.05, 3.63) is 76.2 Å². The van der Waals surface area contributed by atoms with E-state index in [0.29, 0.717) is 11.4 Å². The Kier molecular flexibility index (Phi) is 5.35. The van der Waals surface area contributed by atoms with Crippen LogP contribution in [-0.4, -0.2) is 21.6 Å². The molecule has 0 spiro atoms. The molecule has 1 amide bonds. The number of ketones is 1. The maximum Gasteiger partial charge on any atom is 0.287 e. The van der Waals surface area contributed by atoms with Crippen molar-refractivity contribution in [2.75, 3.05) is 5.32 Å². The number of hydrogen-bond acceptors (Lipinski definition) is 6. The third-order valence-electron chi connectivity index (χ3n) is 2.99. The number of carbonyl (C=O) groups excluding carboxylic acids is 2. The van der Waals surface area contributed by atoms with Crippen molar-refractivity contribution < 1.29 is 14.5 Å². The monoisotopic (exact) mass is 326 g/mol. The molecule has 122 valence electrons. The fourth-order valence-corrected chi connectivity index (χ4v) is 1.74. The number of nitrogens with one attached hydrogen (secondary N) is 2. The van der Waals surface area contributed by atoms with Gasteiger partial charge in [-0.2, -0.15) is 0 Å². The van der Waals surface area contributed by atoms with Crippen LogP contribution in [0.15, 0.2) is 60.6 Å². The van der Waals surface area contributed by atoms with E-state index in [-0.39, 0.29) is 17.2 Å². The number of rotatable bonds is 6. The van der Waals surface area contributed by atoms with Gasteiger partial charge in [-0.25, -0.2) is 4.98 Å². The number of amides is 1. The fourth-order valence-electron chi connectivity index (χ4n) is 1.74. The summed E-state index contributed by atoms with van der Waals surface area (Å²) in [5.74, 6) is -0.475. The van der Waals surface area contributed by atoms with Gasteiger partial charge in [0.1, 0.15) is 17.7 Å². The average Bonchev–Trinajstić information content (AvgIpc) is 2.59. The minimum atomic E-state index is -0.562. The first-order chi connectivity index (χ1) is 11.5. The minimum Gasteiger partial charge on any atom is -0.344 e. The van der Waals surface area contributed by atoms with Gasteiger partial charge in [-0.1, -0.05) is 18.2 Å². The summed E-state index contributed by atoms with van der Waals surface area (Å²) in [7, 11) is 0. The second-order valence-corrected chi connectivity index (χ2v) is 4.74. The number of nitrogens with zero attached hydrogens (tertiary/aromatic N) is 2. The van der Waals surface area contributed by atoms with Crippen LogP contribution in [0.25, 0.3) is 0 Å². The van der Waals surface area contributed by atoms with Crippen molar-refractivity contribution in [3.8, 4) is 0 Å². The molecule has 2 rings (SSSR count). The van der Waals surface area contributed by atoms with E-state index in [9.17, 15) is 19.7 Å². The third kappa shape index (κ3) is 4.47. The zero-order valence-corrected chi connectivity index (χ0v) is 12.7. The van der Waals surface area contributed by atoms with Crippen molar-refractivity contribution in [1.82, 2.24) is 10.3 Å². The normalized spacial score (nSPS) is 10.8. The Morgan fingerprint density at radius 1 is 1.17 bits per heavy atom. The molecule has 0 atom stereocenters. The summed E-state index contributed by atoms with van der Waals surface area (Å²) in [5.41, 5.74) is 0.316. The predicted octanol–water partition coefficient (Wildman–Crippen LogP) is 2.26. The number of nitro groups is 1. The van der Waals surface area contributed by atoms with Gasteiger partial charge in [0.2, 0.25) is 0 Å². The molecule has 0 aliphatic carbocycles. The van der Waals surface area contributed by atoms with Crippen LogP contribution in [0.2, 0.25) is 0 Å².